The summed E-state index contributed by atoms with van der Waals surface area (Å²) in [6, 6.07) is 16.1. The van der Waals surface area contributed by atoms with Crippen LogP contribution in [-0.4, -0.2) is 17.6 Å². The number of hydrogen-bond donors (Lipinski definition) is 1. The molecule has 0 atom stereocenters. The molecule has 0 saturated heterocycles. The second-order valence-electron chi connectivity index (χ2n) is 6.52. The summed E-state index contributed by atoms with van der Waals surface area (Å²) in [7, 11) is 1.68. The number of aryl methyl sites for hydroxylation is 1. The Morgan fingerprint density at radius 2 is 1.78 bits per heavy atom. The van der Waals surface area contributed by atoms with E-state index < -0.39 is 0 Å². The highest BCUT2D eigenvalue weighted by molar-refractivity contribution is 9.10. The first-order valence-corrected chi connectivity index (χ1v) is 9.60. The van der Waals surface area contributed by atoms with E-state index in [1.165, 1.54) is 0 Å². The van der Waals surface area contributed by atoms with Gasteiger partial charge in [0.1, 0.15) is 5.75 Å². The van der Waals surface area contributed by atoms with Gasteiger partial charge in [0.05, 0.1) is 18.4 Å². The molecule has 1 amide bonds. The maximum absolute atomic E-state index is 12.0. The van der Waals surface area contributed by atoms with Crippen LogP contribution in [-0.2, 0) is 13.0 Å². The monoisotopic (exact) mass is 426 g/mol. The lowest BCUT2D eigenvalue weighted by atomic mass is 10.0. The fraction of sp³-hybridized carbons (Fsp3) is 0.227. The number of rotatable bonds is 6. The summed E-state index contributed by atoms with van der Waals surface area (Å²) in [6.07, 6.45) is 0.792. The summed E-state index contributed by atoms with van der Waals surface area (Å²) in [4.78, 5) is 12.0. The van der Waals surface area contributed by atoms with Crippen molar-refractivity contribution in [2.24, 2.45) is 5.73 Å². The van der Waals surface area contributed by atoms with Gasteiger partial charge in [-0.3, -0.25) is 4.79 Å². The Morgan fingerprint density at radius 3 is 2.41 bits per heavy atom. The Morgan fingerprint density at radius 1 is 1.11 bits per heavy atom. The van der Waals surface area contributed by atoms with Crippen LogP contribution in [0.1, 0.15) is 27.2 Å². The number of benzene rings is 2. The Kier molecular flexibility index (Phi) is 5.71. The van der Waals surface area contributed by atoms with Crippen LogP contribution in [0.3, 0.4) is 0 Å². The van der Waals surface area contributed by atoms with Crippen molar-refractivity contribution >= 4 is 21.8 Å². The molecule has 5 heteroatoms. The normalized spacial score (nSPS) is 10.8. The van der Waals surface area contributed by atoms with Crippen molar-refractivity contribution in [3.63, 3.8) is 0 Å². The van der Waals surface area contributed by atoms with Crippen molar-refractivity contribution in [2.45, 2.75) is 26.8 Å². The van der Waals surface area contributed by atoms with Crippen molar-refractivity contribution < 1.29 is 9.53 Å². The zero-order valence-electron chi connectivity index (χ0n) is 15.8. The lowest BCUT2D eigenvalue weighted by Gasteiger charge is -2.14. The molecule has 3 rings (SSSR count). The third-order valence-electron chi connectivity index (χ3n) is 4.93. The van der Waals surface area contributed by atoms with E-state index in [0.29, 0.717) is 5.56 Å². The summed E-state index contributed by atoms with van der Waals surface area (Å²) in [5, 5.41) is 0. The number of primary amides is 1. The highest BCUT2D eigenvalue weighted by Gasteiger charge is 2.22. The average Bonchev–Trinajstić information content (AvgIpc) is 2.90. The van der Waals surface area contributed by atoms with Gasteiger partial charge in [-0.15, -0.1) is 0 Å². The van der Waals surface area contributed by atoms with Gasteiger partial charge < -0.3 is 15.0 Å². The van der Waals surface area contributed by atoms with Crippen molar-refractivity contribution in [1.82, 2.24) is 4.57 Å². The number of amides is 1. The Balaban J connectivity index is 2.06. The van der Waals surface area contributed by atoms with Crippen molar-refractivity contribution in [3.8, 4) is 17.0 Å². The molecule has 1 heterocycles. The van der Waals surface area contributed by atoms with Crippen LogP contribution in [0.2, 0.25) is 0 Å². The number of aromatic nitrogens is 1. The number of hydrogen-bond acceptors (Lipinski definition) is 2. The van der Waals surface area contributed by atoms with Gasteiger partial charge in [-0.25, -0.2) is 0 Å². The molecule has 0 unspecified atom stereocenters. The first kappa shape index (κ1) is 19.2. The predicted octanol–water partition coefficient (Wildman–Crippen LogP) is 4.88. The second kappa shape index (κ2) is 8.01. The molecular formula is C22H23BrN2O2. The third-order valence-corrected chi connectivity index (χ3v) is 5.46. The van der Waals surface area contributed by atoms with Gasteiger partial charge in [0.15, 0.2) is 0 Å². The molecule has 0 saturated carbocycles. The van der Waals surface area contributed by atoms with E-state index in [9.17, 15) is 4.79 Å². The molecule has 0 bridgehead atoms. The summed E-state index contributed by atoms with van der Waals surface area (Å²) in [5.41, 5.74) is 11.3. The van der Waals surface area contributed by atoms with Crippen LogP contribution in [0.5, 0.6) is 5.75 Å². The summed E-state index contributed by atoms with van der Waals surface area (Å²) >= 11 is 3.48. The molecule has 0 spiro atoms. The largest absolute Gasteiger partial charge is 0.496 e. The highest BCUT2D eigenvalue weighted by Crippen LogP contribution is 2.32. The molecule has 1 aromatic heterocycles. The van der Waals surface area contributed by atoms with E-state index in [4.69, 9.17) is 10.5 Å². The number of carbonyl (C=O) groups excluding carboxylic acids is 1. The number of nitrogens with two attached hydrogens (primary N) is 1. The van der Waals surface area contributed by atoms with Gasteiger partial charge in [0, 0.05) is 16.7 Å². The van der Waals surface area contributed by atoms with Gasteiger partial charge in [-0.1, -0.05) is 46.3 Å². The molecule has 0 fully saturated rings. The second-order valence-corrected chi connectivity index (χ2v) is 7.43. The highest BCUT2D eigenvalue weighted by atomic mass is 79.9. The zero-order chi connectivity index (χ0) is 19.6. The quantitative estimate of drug-likeness (QED) is 0.609. The van der Waals surface area contributed by atoms with Crippen LogP contribution in [0.15, 0.2) is 53.0 Å². The number of para-hydroxylation sites is 1. The molecule has 0 aliphatic rings. The van der Waals surface area contributed by atoms with Crippen LogP contribution in [0, 0.1) is 13.8 Å². The first-order valence-electron chi connectivity index (χ1n) is 8.81. The molecule has 3 aromatic rings. The number of methoxy groups -OCH3 is 1. The maximum Gasteiger partial charge on any atom is 0.250 e. The Labute approximate surface area is 168 Å². The summed E-state index contributed by atoms with van der Waals surface area (Å²) < 4.78 is 8.67. The van der Waals surface area contributed by atoms with Gasteiger partial charge in [-0.05, 0) is 55.2 Å². The Bertz CT molecular complexity index is 975. The van der Waals surface area contributed by atoms with Crippen LogP contribution >= 0.6 is 15.9 Å². The van der Waals surface area contributed by atoms with Crippen LogP contribution in [0.25, 0.3) is 11.3 Å². The standard InChI is InChI=1S/C22H23BrN2O2/c1-14-20(22(24)26)15(2)25(21(14)17-8-10-18(23)11-9-17)13-12-16-6-4-5-7-19(16)27-3/h4-11H,12-13H2,1-3H3,(H2,24,26). The van der Waals surface area contributed by atoms with Gasteiger partial charge in [0.25, 0.3) is 5.91 Å². The molecule has 0 aliphatic heterocycles. The molecular weight excluding hydrogens is 404 g/mol. The third kappa shape index (κ3) is 3.78. The van der Waals surface area contributed by atoms with Gasteiger partial charge in [-0.2, -0.15) is 0 Å². The molecule has 140 valence electrons. The number of ether oxygens (including phenoxy) is 1. The van der Waals surface area contributed by atoms with E-state index in [-0.39, 0.29) is 5.91 Å². The molecule has 27 heavy (non-hydrogen) atoms. The van der Waals surface area contributed by atoms with Crippen molar-refractivity contribution in [3.05, 3.63) is 75.4 Å². The zero-order valence-corrected chi connectivity index (χ0v) is 17.3. The molecule has 2 N–H and O–H groups in total. The van der Waals surface area contributed by atoms with Crippen LogP contribution in [0.4, 0.5) is 0 Å². The van der Waals surface area contributed by atoms with Crippen LogP contribution < -0.4 is 10.5 Å². The average molecular weight is 427 g/mol. The van der Waals surface area contributed by atoms with E-state index in [1.54, 1.807) is 7.11 Å². The van der Waals surface area contributed by atoms with E-state index in [2.05, 4.69) is 38.7 Å². The smallest absolute Gasteiger partial charge is 0.250 e. The first-order chi connectivity index (χ1) is 12.9. The summed E-state index contributed by atoms with van der Waals surface area (Å²) in [5.74, 6) is 0.485. The number of halogens is 1. The van der Waals surface area contributed by atoms with Gasteiger partial charge >= 0.3 is 0 Å². The fourth-order valence-electron chi connectivity index (χ4n) is 3.66. The summed E-state index contributed by atoms with van der Waals surface area (Å²) in [6.45, 7) is 4.65. The Hall–Kier alpha value is -2.53. The van der Waals surface area contributed by atoms with Crippen molar-refractivity contribution in [1.29, 1.82) is 0 Å². The van der Waals surface area contributed by atoms with Crippen molar-refractivity contribution in [2.75, 3.05) is 7.11 Å². The molecule has 0 aliphatic carbocycles. The molecule has 0 radical (unpaired) electrons. The van der Waals surface area contributed by atoms with E-state index >= 15 is 0 Å². The fourth-order valence-corrected chi connectivity index (χ4v) is 3.92. The lowest BCUT2D eigenvalue weighted by Crippen LogP contribution is -2.14. The maximum atomic E-state index is 12.0. The minimum Gasteiger partial charge on any atom is -0.496 e. The predicted molar refractivity (Wildman–Crippen MR) is 112 cm³/mol. The SMILES string of the molecule is COc1ccccc1CCn1c(C)c(C(N)=O)c(C)c1-c1ccc(Br)cc1. The van der Waals surface area contributed by atoms with E-state index in [1.807, 2.05) is 44.2 Å². The number of nitrogens with zero attached hydrogens (tertiary/aromatic N) is 1. The van der Waals surface area contributed by atoms with Gasteiger partial charge in [0.2, 0.25) is 0 Å². The lowest BCUT2D eigenvalue weighted by molar-refractivity contribution is 0.0999. The topological polar surface area (TPSA) is 57.2 Å². The minimum absolute atomic E-state index is 0.389. The molecule has 2 aromatic carbocycles. The molecule has 4 nitrogen and oxygen atoms in total. The van der Waals surface area contributed by atoms with E-state index in [0.717, 1.165) is 51.3 Å². The number of carbonyl (C=O) groups is 1. The minimum atomic E-state index is -0.389.